The Kier molecular flexibility index (Phi) is 6.02. The molecule has 4 rings (SSSR count). The lowest BCUT2D eigenvalue weighted by molar-refractivity contribution is -0.00375. The highest BCUT2D eigenvalue weighted by Crippen LogP contribution is 2.40. The molecule has 2 N–H and O–H groups in total. The van der Waals surface area contributed by atoms with E-state index in [0.717, 1.165) is 6.92 Å². The highest BCUT2D eigenvalue weighted by Gasteiger charge is 2.41. The van der Waals surface area contributed by atoms with Gasteiger partial charge in [-0.3, -0.25) is 4.79 Å². The summed E-state index contributed by atoms with van der Waals surface area (Å²) in [5.74, 6) is -3.13. The molecule has 1 unspecified atom stereocenters. The molecule has 1 atom stereocenters. The number of fused-ring (bicyclic) bond motifs is 1. The van der Waals surface area contributed by atoms with Crippen molar-refractivity contribution < 1.29 is 13.6 Å². The van der Waals surface area contributed by atoms with Crippen LogP contribution in [0.2, 0.25) is 0 Å². The molecule has 0 aliphatic rings. The van der Waals surface area contributed by atoms with Gasteiger partial charge in [-0.2, -0.15) is 10.5 Å². The van der Waals surface area contributed by atoms with Crippen molar-refractivity contribution in [3.8, 4) is 12.1 Å². The number of anilines is 1. The average Bonchev–Trinajstić information content (AvgIpc) is 3.27. The van der Waals surface area contributed by atoms with Gasteiger partial charge in [-0.1, -0.05) is 18.2 Å². The van der Waals surface area contributed by atoms with Gasteiger partial charge in [-0.25, -0.2) is 18.7 Å². The van der Waals surface area contributed by atoms with Crippen molar-refractivity contribution >= 4 is 22.8 Å². The van der Waals surface area contributed by atoms with Crippen LogP contribution in [0.1, 0.15) is 53.1 Å². The van der Waals surface area contributed by atoms with E-state index >= 15 is 0 Å². The van der Waals surface area contributed by atoms with E-state index in [1.165, 1.54) is 6.20 Å². The number of carbonyl (C=O) groups is 1. The van der Waals surface area contributed by atoms with Crippen LogP contribution in [-0.4, -0.2) is 26.8 Å². The van der Waals surface area contributed by atoms with Crippen molar-refractivity contribution in [1.29, 1.82) is 10.5 Å². The van der Waals surface area contributed by atoms with Gasteiger partial charge in [-0.15, -0.1) is 0 Å². The van der Waals surface area contributed by atoms with E-state index in [0.29, 0.717) is 39.1 Å². The first-order chi connectivity index (χ1) is 16.6. The van der Waals surface area contributed by atoms with Crippen LogP contribution in [0.3, 0.4) is 0 Å². The Morgan fingerprint density at radius 1 is 1.06 bits per heavy atom. The number of hydrogen-bond donors (Lipinski definition) is 2. The predicted molar refractivity (Wildman–Crippen MR) is 126 cm³/mol. The Hall–Kier alpha value is -4.63. The van der Waals surface area contributed by atoms with Crippen LogP contribution in [0.4, 0.5) is 14.5 Å². The van der Waals surface area contributed by atoms with Crippen molar-refractivity contribution in [2.45, 2.75) is 31.6 Å². The van der Waals surface area contributed by atoms with Crippen LogP contribution in [-0.2, 0) is 5.41 Å². The largest absolute Gasteiger partial charge is 0.340 e. The first-order valence-electron chi connectivity index (χ1n) is 10.7. The van der Waals surface area contributed by atoms with E-state index in [-0.39, 0.29) is 5.82 Å². The summed E-state index contributed by atoms with van der Waals surface area (Å²) in [4.78, 5) is 24.3. The monoisotopic (exact) mass is 470 g/mol. The number of nitrogens with zero attached hydrogens (tertiary/aromatic N) is 4. The molecule has 2 heterocycles. The van der Waals surface area contributed by atoms with E-state index in [1.807, 2.05) is 12.1 Å². The number of benzene rings is 2. The summed E-state index contributed by atoms with van der Waals surface area (Å²) in [6.07, 6.45) is 0.829. The quantitative estimate of drug-likeness (QED) is 0.396. The number of imidazole rings is 1. The van der Waals surface area contributed by atoms with Crippen LogP contribution >= 0.6 is 0 Å². The topological polar surface area (TPSA) is 118 Å². The Morgan fingerprint density at radius 3 is 2.43 bits per heavy atom. The lowest BCUT2D eigenvalue weighted by atomic mass is 9.76. The van der Waals surface area contributed by atoms with Gasteiger partial charge < -0.3 is 10.3 Å². The maximum Gasteiger partial charge on any atom is 0.255 e. The number of aromatic amines is 1. The zero-order chi connectivity index (χ0) is 25.2. The minimum Gasteiger partial charge on any atom is -0.340 e. The Morgan fingerprint density at radius 2 is 1.77 bits per heavy atom. The third-order valence-corrected chi connectivity index (χ3v) is 5.69. The van der Waals surface area contributed by atoms with E-state index in [4.69, 9.17) is 10.5 Å². The molecule has 0 spiro atoms. The zero-order valence-electron chi connectivity index (χ0n) is 18.9. The van der Waals surface area contributed by atoms with Gasteiger partial charge in [0.1, 0.15) is 11.9 Å². The van der Waals surface area contributed by atoms with Gasteiger partial charge in [0.2, 0.25) is 5.92 Å². The first kappa shape index (κ1) is 23.5. The predicted octanol–water partition coefficient (Wildman–Crippen LogP) is 5.30. The fourth-order valence-electron chi connectivity index (χ4n) is 4.03. The number of pyridine rings is 1. The molecule has 0 radical (unpaired) electrons. The van der Waals surface area contributed by atoms with Crippen molar-refractivity contribution in [1.82, 2.24) is 15.0 Å². The van der Waals surface area contributed by atoms with E-state index in [2.05, 4.69) is 20.3 Å². The van der Waals surface area contributed by atoms with Crippen LogP contribution in [0, 0.1) is 22.7 Å². The van der Waals surface area contributed by atoms with Gasteiger partial charge in [0, 0.05) is 23.9 Å². The summed E-state index contributed by atoms with van der Waals surface area (Å²) in [6, 6.07) is 18.4. The number of rotatable bonds is 6. The van der Waals surface area contributed by atoms with Crippen LogP contribution in [0.25, 0.3) is 11.2 Å². The Balaban J connectivity index is 1.68. The Labute approximate surface area is 200 Å². The van der Waals surface area contributed by atoms with Gasteiger partial charge in [0.25, 0.3) is 5.91 Å². The number of alkyl halides is 2. The molecule has 0 saturated heterocycles. The molecular formula is C26H20F2N6O. The standard InChI is InChI=1S/C26H20F2N6O/c1-25(15-26(2,27)28,24-33-21-11-17(13-30)14-31-22(21)34-24)19-8-6-18(7-9-19)23(35)32-20-5-3-4-16(10-20)12-29/h3-11,14H,15H2,1-2H3,(H,32,35)(H,31,33,34). The van der Waals surface area contributed by atoms with Crippen molar-refractivity contribution in [2.75, 3.05) is 5.32 Å². The number of nitrogens with one attached hydrogen (secondary N) is 2. The molecule has 4 aromatic rings. The molecule has 7 nitrogen and oxygen atoms in total. The highest BCUT2D eigenvalue weighted by molar-refractivity contribution is 6.04. The first-order valence-corrected chi connectivity index (χ1v) is 10.7. The third kappa shape index (κ3) is 4.99. The zero-order valence-corrected chi connectivity index (χ0v) is 18.9. The van der Waals surface area contributed by atoms with Crippen molar-refractivity contribution in [2.24, 2.45) is 0 Å². The molecule has 0 bridgehead atoms. The van der Waals surface area contributed by atoms with Gasteiger partial charge >= 0.3 is 0 Å². The fourth-order valence-corrected chi connectivity index (χ4v) is 4.03. The van der Waals surface area contributed by atoms with Crippen LogP contribution < -0.4 is 5.32 Å². The molecule has 2 aromatic heterocycles. The Bertz CT molecular complexity index is 1490. The van der Waals surface area contributed by atoms with E-state index < -0.39 is 23.7 Å². The molecule has 9 heteroatoms. The lowest BCUT2D eigenvalue weighted by Crippen LogP contribution is -2.32. The summed E-state index contributed by atoms with van der Waals surface area (Å²) < 4.78 is 28.6. The summed E-state index contributed by atoms with van der Waals surface area (Å²) in [5.41, 5.74) is 1.62. The second-order valence-electron chi connectivity index (χ2n) is 8.60. The average molecular weight is 470 g/mol. The third-order valence-electron chi connectivity index (χ3n) is 5.69. The SMILES string of the molecule is CC(F)(F)CC(C)(c1ccc(C(=O)Nc2cccc(C#N)c2)cc1)c1nc2ncc(C#N)cc2[nH]1. The molecule has 0 fully saturated rings. The maximum atomic E-state index is 14.3. The number of halogens is 2. The molecule has 174 valence electrons. The molecule has 1 amide bonds. The van der Waals surface area contributed by atoms with E-state index in [9.17, 15) is 13.6 Å². The molecular weight excluding hydrogens is 450 g/mol. The van der Waals surface area contributed by atoms with Crippen molar-refractivity contribution in [3.63, 3.8) is 0 Å². The van der Waals surface area contributed by atoms with E-state index in [1.54, 1.807) is 61.5 Å². The lowest BCUT2D eigenvalue weighted by Gasteiger charge is -2.31. The van der Waals surface area contributed by atoms with Crippen LogP contribution in [0.15, 0.2) is 60.8 Å². The molecule has 0 aliphatic heterocycles. The summed E-state index contributed by atoms with van der Waals surface area (Å²) in [6.45, 7) is 2.49. The van der Waals surface area contributed by atoms with Gasteiger partial charge in [-0.05, 0) is 55.8 Å². The van der Waals surface area contributed by atoms with Crippen LogP contribution in [0.5, 0.6) is 0 Å². The van der Waals surface area contributed by atoms with Gasteiger partial charge in [0.05, 0.1) is 28.1 Å². The number of amides is 1. The van der Waals surface area contributed by atoms with Gasteiger partial charge in [0.15, 0.2) is 5.65 Å². The second kappa shape index (κ2) is 8.96. The normalized spacial score (nSPS) is 13.0. The number of carbonyl (C=O) groups excluding carboxylic acids is 1. The molecule has 2 aromatic carbocycles. The molecule has 0 aliphatic carbocycles. The van der Waals surface area contributed by atoms with Crippen molar-refractivity contribution in [3.05, 3.63) is 88.9 Å². The number of H-pyrrole nitrogens is 1. The summed E-state index contributed by atoms with van der Waals surface area (Å²) in [5, 5.41) is 20.9. The number of aromatic nitrogens is 3. The fraction of sp³-hybridized carbons (Fsp3) is 0.192. The number of nitriles is 2. The summed E-state index contributed by atoms with van der Waals surface area (Å²) in [7, 11) is 0. The maximum absolute atomic E-state index is 14.3. The summed E-state index contributed by atoms with van der Waals surface area (Å²) >= 11 is 0. The minimum absolute atomic E-state index is 0.280. The highest BCUT2D eigenvalue weighted by atomic mass is 19.3. The molecule has 35 heavy (non-hydrogen) atoms. The molecule has 0 saturated carbocycles. The second-order valence-corrected chi connectivity index (χ2v) is 8.60. The minimum atomic E-state index is -3.01. The number of hydrogen-bond acceptors (Lipinski definition) is 5. The smallest absolute Gasteiger partial charge is 0.255 e.